The molecule has 0 aliphatic heterocycles. The number of halogens is 2. The molecule has 2 aromatic rings. The first-order valence-electron chi connectivity index (χ1n) is 8.19. The van der Waals surface area contributed by atoms with Gasteiger partial charge < -0.3 is 14.8 Å². The topological polar surface area (TPSA) is 88.4 Å². The maximum atomic E-state index is 12.3. The minimum absolute atomic E-state index is 0.0676. The van der Waals surface area contributed by atoms with Gasteiger partial charge in [-0.1, -0.05) is 17.7 Å². The number of esters is 1. The first-order chi connectivity index (χ1) is 13.4. The van der Waals surface area contributed by atoms with Crippen LogP contribution in [0.3, 0.4) is 0 Å². The molecule has 0 aliphatic rings. The Morgan fingerprint density at radius 2 is 1.96 bits per heavy atom. The van der Waals surface area contributed by atoms with Gasteiger partial charge in [-0.2, -0.15) is 5.26 Å². The van der Waals surface area contributed by atoms with E-state index in [9.17, 15) is 14.9 Å². The lowest BCUT2D eigenvalue weighted by Crippen LogP contribution is -2.14. The van der Waals surface area contributed by atoms with Gasteiger partial charge >= 0.3 is 5.97 Å². The van der Waals surface area contributed by atoms with Gasteiger partial charge in [0.25, 0.3) is 5.91 Å². The van der Waals surface area contributed by atoms with Crippen LogP contribution >= 0.6 is 27.5 Å². The second-order valence-electron chi connectivity index (χ2n) is 5.41. The molecule has 6 nitrogen and oxygen atoms in total. The van der Waals surface area contributed by atoms with Crippen LogP contribution in [0.5, 0.6) is 5.75 Å². The van der Waals surface area contributed by atoms with E-state index in [1.807, 2.05) is 6.07 Å². The zero-order chi connectivity index (χ0) is 20.5. The van der Waals surface area contributed by atoms with Gasteiger partial charge in [-0.05, 0) is 70.9 Å². The summed E-state index contributed by atoms with van der Waals surface area (Å²) in [6, 6.07) is 13.4. The number of hydrogen-bond donors (Lipinski definition) is 1. The summed E-state index contributed by atoms with van der Waals surface area (Å²) in [6.45, 7) is 1.78. The summed E-state index contributed by atoms with van der Waals surface area (Å²) >= 11 is 9.15. The molecule has 0 atom stereocenters. The zero-order valence-electron chi connectivity index (χ0n) is 14.9. The van der Waals surface area contributed by atoms with Crippen molar-refractivity contribution < 1.29 is 19.1 Å². The molecule has 1 N–H and O–H groups in total. The highest BCUT2D eigenvalue weighted by Gasteiger charge is 2.11. The molecule has 0 aromatic heterocycles. The van der Waals surface area contributed by atoms with Gasteiger partial charge in [0.2, 0.25) is 0 Å². The van der Waals surface area contributed by atoms with E-state index in [4.69, 9.17) is 21.1 Å². The fourth-order valence-electron chi connectivity index (χ4n) is 2.11. The van der Waals surface area contributed by atoms with Crippen LogP contribution in [0.15, 0.2) is 52.5 Å². The lowest BCUT2D eigenvalue weighted by Gasteiger charge is -2.08. The summed E-state index contributed by atoms with van der Waals surface area (Å²) in [5, 5.41) is 12.5. The number of nitriles is 1. The summed E-state index contributed by atoms with van der Waals surface area (Å²) in [7, 11) is 0. The predicted octanol–water partition coefficient (Wildman–Crippen LogP) is 4.59. The van der Waals surface area contributed by atoms with Crippen LogP contribution in [0.2, 0.25) is 5.02 Å². The van der Waals surface area contributed by atoms with Crippen molar-refractivity contribution in [1.82, 2.24) is 0 Å². The van der Waals surface area contributed by atoms with Crippen LogP contribution in [0.1, 0.15) is 12.5 Å². The van der Waals surface area contributed by atoms with Gasteiger partial charge in [0, 0.05) is 10.7 Å². The van der Waals surface area contributed by atoms with Crippen molar-refractivity contribution in [2.45, 2.75) is 6.92 Å². The van der Waals surface area contributed by atoms with Gasteiger partial charge in [0.1, 0.15) is 17.4 Å². The second-order valence-corrected chi connectivity index (χ2v) is 6.71. The molecular formula is C20H16BrClN2O4. The smallest absolute Gasteiger partial charge is 0.344 e. The summed E-state index contributed by atoms with van der Waals surface area (Å²) in [5.74, 6) is -0.568. The fourth-order valence-corrected chi connectivity index (χ4v) is 2.75. The van der Waals surface area contributed by atoms with Crippen LogP contribution in [0.4, 0.5) is 5.69 Å². The Labute approximate surface area is 175 Å². The van der Waals surface area contributed by atoms with Crippen molar-refractivity contribution in [1.29, 1.82) is 5.26 Å². The second kappa shape index (κ2) is 10.5. The molecule has 0 bridgehead atoms. The number of nitrogens with zero attached hydrogens (tertiary/aromatic N) is 1. The largest absolute Gasteiger partial charge is 0.481 e. The van der Waals surface area contributed by atoms with Gasteiger partial charge in [-0.3, -0.25) is 4.79 Å². The molecule has 0 heterocycles. The highest BCUT2D eigenvalue weighted by Crippen LogP contribution is 2.27. The molecule has 0 spiro atoms. The van der Waals surface area contributed by atoms with Gasteiger partial charge in [-0.25, -0.2) is 4.79 Å². The van der Waals surface area contributed by atoms with Crippen molar-refractivity contribution in [3.8, 4) is 11.8 Å². The quantitative estimate of drug-likeness (QED) is 0.368. The normalized spacial score (nSPS) is 10.7. The van der Waals surface area contributed by atoms with Crippen molar-refractivity contribution >= 4 is 51.2 Å². The molecule has 0 saturated carbocycles. The summed E-state index contributed by atoms with van der Waals surface area (Å²) < 4.78 is 10.7. The molecule has 0 fully saturated rings. The van der Waals surface area contributed by atoms with E-state index < -0.39 is 11.9 Å². The van der Waals surface area contributed by atoms with Gasteiger partial charge in [0.15, 0.2) is 6.61 Å². The number of anilines is 1. The maximum absolute atomic E-state index is 12.3. The SMILES string of the molecule is CCOC(=O)COc1ccc(/C=C(/C#N)C(=O)Nc2ccc(Cl)cc2)cc1Br. The van der Waals surface area contributed by atoms with Crippen molar-refractivity contribution in [2.75, 3.05) is 18.5 Å². The number of carbonyl (C=O) groups is 2. The fraction of sp³-hybridized carbons (Fsp3) is 0.150. The van der Waals surface area contributed by atoms with E-state index in [1.54, 1.807) is 49.4 Å². The molecular weight excluding hydrogens is 448 g/mol. The first kappa shape index (κ1) is 21.5. The highest BCUT2D eigenvalue weighted by atomic mass is 79.9. The van der Waals surface area contributed by atoms with E-state index in [2.05, 4.69) is 21.2 Å². The number of nitrogens with one attached hydrogen (secondary N) is 1. The van der Waals surface area contributed by atoms with Crippen molar-refractivity contribution in [3.05, 3.63) is 63.1 Å². The Balaban J connectivity index is 2.09. The number of carbonyl (C=O) groups excluding carboxylic acids is 2. The van der Waals surface area contributed by atoms with E-state index in [1.165, 1.54) is 6.08 Å². The number of ether oxygens (including phenoxy) is 2. The first-order valence-corrected chi connectivity index (χ1v) is 9.36. The predicted molar refractivity (Wildman–Crippen MR) is 110 cm³/mol. The monoisotopic (exact) mass is 462 g/mol. The molecule has 8 heteroatoms. The minimum atomic E-state index is -0.538. The Morgan fingerprint density at radius 3 is 2.57 bits per heavy atom. The van der Waals surface area contributed by atoms with Crippen LogP contribution < -0.4 is 10.1 Å². The molecule has 28 heavy (non-hydrogen) atoms. The number of amides is 1. The van der Waals surface area contributed by atoms with Crippen molar-refractivity contribution in [2.24, 2.45) is 0 Å². The lowest BCUT2D eigenvalue weighted by molar-refractivity contribution is -0.145. The Bertz CT molecular complexity index is 936. The van der Waals surface area contributed by atoms with E-state index in [0.717, 1.165) is 0 Å². The highest BCUT2D eigenvalue weighted by molar-refractivity contribution is 9.10. The molecule has 0 unspecified atom stereocenters. The third-order valence-corrected chi connectivity index (χ3v) is 4.26. The van der Waals surface area contributed by atoms with Crippen molar-refractivity contribution in [3.63, 3.8) is 0 Å². The average Bonchev–Trinajstić information content (AvgIpc) is 2.67. The molecule has 2 rings (SSSR count). The summed E-state index contributed by atoms with van der Waals surface area (Å²) in [4.78, 5) is 23.7. The van der Waals surface area contributed by atoms with Gasteiger partial charge in [-0.15, -0.1) is 0 Å². The maximum Gasteiger partial charge on any atom is 0.344 e. The molecule has 1 amide bonds. The van der Waals surface area contributed by atoms with E-state index >= 15 is 0 Å². The molecule has 144 valence electrons. The Hall–Kier alpha value is -2.82. The molecule has 0 saturated heterocycles. The minimum Gasteiger partial charge on any atom is -0.481 e. The Morgan fingerprint density at radius 1 is 1.25 bits per heavy atom. The summed E-state index contributed by atoms with van der Waals surface area (Å²) in [6.07, 6.45) is 1.45. The number of benzene rings is 2. The molecule has 0 radical (unpaired) electrons. The van der Waals surface area contributed by atoms with Gasteiger partial charge in [0.05, 0.1) is 11.1 Å². The third kappa shape index (κ3) is 6.41. The van der Waals surface area contributed by atoms with E-state index in [0.29, 0.717) is 26.5 Å². The number of hydrogen-bond acceptors (Lipinski definition) is 5. The standard InChI is InChI=1S/C20H16BrClN2O4/c1-2-27-19(25)12-28-18-8-3-13(10-17(18)21)9-14(11-23)20(26)24-16-6-4-15(22)5-7-16/h3-10H,2,12H2,1H3,(H,24,26)/b14-9-. The Kier molecular flexibility index (Phi) is 8.05. The average molecular weight is 464 g/mol. The molecule has 2 aromatic carbocycles. The van der Waals surface area contributed by atoms with Crippen LogP contribution in [0.25, 0.3) is 6.08 Å². The van der Waals surface area contributed by atoms with Crippen LogP contribution in [-0.2, 0) is 14.3 Å². The zero-order valence-corrected chi connectivity index (χ0v) is 17.2. The number of rotatable bonds is 7. The summed E-state index contributed by atoms with van der Waals surface area (Å²) in [5.41, 5.74) is 1.07. The third-order valence-electron chi connectivity index (χ3n) is 3.38. The lowest BCUT2D eigenvalue weighted by atomic mass is 10.1. The van der Waals surface area contributed by atoms with Crippen LogP contribution in [0, 0.1) is 11.3 Å². The van der Waals surface area contributed by atoms with Crippen LogP contribution in [-0.4, -0.2) is 25.1 Å². The van der Waals surface area contributed by atoms with E-state index in [-0.39, 0.29) is 18.8 Å². The molecule has 0 aliphatic carbocycles.